The predicted molar refractivity (Wildman–Crippen MR) is 76.8 cm³/mol. The summed E-state index contributed by atoms with van der Waals surface area (Å²) >= 11 is 0. The fraction of sp³-hybridized carbons (Fsp3) is 0.467. The minimum atomic E-state index is -0.995. The van der Waals surface area contributed by atoms with E-state index in [2.05, 4.69) is 0 Å². The van der Waals surface area contributed by atoms with Gasteiger partial charge in [-0.3, -0.25) is 9.59 Å². The first-order chi connectivity index (χ1) is 9.65. The summed E-state index contributed by atoms with van der Waals surface area (Å²) in [6, 6.07) is 6.23. The van der Waals surface area contributed by atoms with Crippen LogP contribution in [0.1, 0.15) is 12.0 Å². The monoisotopic (exact) mass is 296 g/mol. The van der Waals surface area contributed by atoms with Gasteiger partial charge in [0.1, 0.15) is 12.3 Å². The van der Waals surface area contributed by atoms with Crippen LogP contribution in [0.15, 0.2) is 24.3 Å². The average molecular weight is 296 g/mol. The number of likely N-dealkylation sites (N-methyl/N-ethyl adjacent to an activating group) is 1. The summed E-state index contributed by atoms with van der Waals surface area (Å²) in [5.74, 6) is -1.34. The Balaban J connectivity index is 2.62. The standard InChI is InChI=1S/C15H21NO5/c1-16(2,3)10-13(9-14(18)19)21-15(20)8-11-4-6-12(17)7-5-11/h4-7,13H,8-10H2,1-3H3,(H-,17,18,19)/p+1. The lowest BCUT2D eigenvalue weighted by atomic mass is 10.1. The number of esters is 1. The highest BCUT2D eigenvalue weighted by Crippen LogP contribution is 2.12. The van der Waals surface area contributed by atoms with Gasteiger partial charge in [-0.15, -0.1) is 0 Å². The molecule has 6 heteroatoms. The molecule has 1 aromatic rings. The largest absolute Gasteiger partial charge is 0.508 e. The number of carbonyl (C=O) groups is 2. The zero-order chi connectivity index (χ0) is 16.0. The number of quaternary nitrogens is 1. The second-order valence-corrected chi connectivity index (χ2v) is 6.03. The van der Waals surface area contributed by atoms with E-state index in [0.717, 1.165) is 0 Å². The van der Waals surface area contributed by atoms with E-state index in [-0.39, 0.29) is 18.6 Å². The molecule has 1 aromatic carbocycles. The average Bonchev–Trinajstić information content (AvgIpc) is 2.28. The van der Waals surface area contributed by atoms with Crippen LogP contribution in [0.3, 0.4) is 0 Å². The number of nitrogens with zero attached hydrogens (tertiary/aromatic N) is 1. The van der Waals surface area contributed by atoms with Crippen LogP contribution >= 0.6 is 0 Å². The molecule has 0 fully saturated rings. The SMILES string of the molecule is C[N+](C)(C)CC(CC(=O)O)OC(=O)Cc1ccc(O)cc1. The van der Waals surface area contributed by atoms with Gasteiger partial charge in [0.15, 0.2) is 6.10 Å². The number of aliphatic carboxylic acids is 1. The van der Waals surface area contributed by atoms with Crippen molar-refractivity contribution in [3.05, 3.63) is 29.8 Å². The van der Waals surface area contributed by atoms with E-state index in [4.69, 9.17) is 9.84 Å². The van der Waals surface area contributed by atoms with Crippen molar-refractivity contribution in [2.24, 2.45) is 0 Å². The molecule has 1 unspecified atom stereocenters. The molecule has 0 amide bonds. The molecule has 2 N–H and O–H groups in total. The molecule has 21 heavy (non-hydrogen) atoms. The predicted octanol–water partition coefficient (Wildman–Crippen LogP) is 1.03. The van der Waals surface area contributed by atoms with Crippen molar-refractivity contribution >= 4 is 11.9 Å². The number of benzene rings is 1. The third kappa shape index (κ3) is 7.31. The van der Waals surface area contributed by atoms with Crippen LogP contribution in [0.25, 0.3) is 0 Å². The number of hydrogen-bond donors (Lipinski definition) is 2. The van der Waals surface area contributed by atoms with Crippen molar-refractivity contribution in [2.45, 2.75) is 18.9 Å². The highest BCUT2D eigenvalue weighted by molar-refractivity contribution is 5.74. The molecule has 0 saturated heterocycles. The summed E-state index contributed by atoms with van der Waals surface area (Å²) in [5.41, 5.74) is 0.706. The lowest BCUT2D eigenvalue weighted by molar-refractivity contribution is -0.873. The van der Waals surface area contributed by atoms with Crippen molar-refractivity contribution in [3.8, 4) is 5.75 Å². The number of carboxylic acid groups (broad SMARTS) is 1. The van der Waals surface area contributed by atoms with Gasteiger partial charge in [-0.05, 0) is 17.7 Å². The van der Waals surface area contributed by atoms with E-state index < -0.39 is 18.0 Å². The summed E-state index contributed by atoms with van der Waals surface area (Å²) in [7, 11) is 5.72. The van der Waals surface area contributed by atoms with Gasteiger partial charge in [-0.2, -0.15) is 0 Å². The number of phenols is 1. The zero-order valence-electron chi connectivity index (χ0n) is 12.6. The van der Waals surface area contributed by atoms with E-state index >= 15 is 0 Å². The van der Waals surface area contributed by atoms with Gasteiger partial charge >= 0.3 is 11.9 Å². The first-order valence-corrected chi connectivity index (χ1v) is 6.65. The Morgan fingerprint density at radius 1 is 1.19 bits per heavy atom. The van der Waals surface area contributed by atoms with Crippen LogP contribution in [0.2, 0.25) is 0 Å². The minimum absolute atomic E-state index is 0.0491. The third-order valence-corrected chi connectivity index (χ3v) is 2.74. The van der Waals surface area contributed by atoms with Gasteiger partial charge in [-0.1, -0.05) is 12.1 Å². The molecule has 0 aromatic heterocycles. The maximum absolute atomic E-state index is 11.9. The molecular formula is C15H22NO5+. The quantitative estimate of drug-likeness (QED) is 0.580. The Hall–Kier alpha value is -2.08. The molecule has 6 nitrogen and oxygen atoms in total. The van der Waals surface area contributed by atoms with E-state index in [9.17, 15) is 14.7 Å². The Bertz CT molecular complexity index is 490. The summed E-state index contributed by atoms with van der Waals surface area (Å²) in [6.07, 6.45) is -0.822. The number of carbonyl (C=O) groups excluding carboxylic acids is 1. The smallest absolute Gasteiger partial charge is 0.310 e. The molecule has 0 aliphatic rings. The highest BCUT2D eigenvalue weighted by atomic mass is 16.5. The molecule has 0 spiro atoms. The lowest BCUT2D eigenvalue weighted by Gasteiger charge is -2.28. The number of hydrogen-bond acceptors (Lipinski definition) is 4. The number of carboxylic acids is 1. The fourth-order valence-electron chi connectivity index (χ4n) is 1.96. The van der Waals surface area contributed by atoms with Crippen molar-refractivity contribution < 1.29 is 29.0 Å². The Morgan fingerprint density at radius 3 is 2.24 bits per heavy atom. The van der Waals surface area contributed by atoms with Crippen LogP contribution in [0.4, 0.5) is 0 Å². The minimum Gasteiger partial charge on any atom is -0.508 e. The summed E-state index contributed by atoms with van der Waals surface area (Å²) in [5, 5.41) is 18.1. The number of ether oxygens (including phenoxy) is 1. The first-order valence-electron chi connectivity index (χ1n) is 6.65. The lowest BCUT2D eigenvalue weighted by Crippen LogP contribution is -2.44. The first kappa shape index (κ1) is 17.0. The van der Waals surface area contributed by atoms with Gasteiger partial charge in [0.05, 0.1) is 34.0 Å². The zero-order valence-corrected chi connectivity index (χ0v) is 12.6. The van der Waals surface area contributed by atoms with Crippen LogP contribution in [0.5, 0.6) is 5.75 Å². The molecule has 116 valence electrons. The van der Waals surface area contributed by atoms with Gasteiger partial charge in [0.2, 0.25) is 0 Å². The van der Waals surface area contributed by atoms with E-state index in [1.165, 1.54) is 12.1 Å². The van der Waals surface area contributed by atoms with Gasteiger partial charge in [-0.25, -0.2) is 0 Å². The van der Waals surface area contributed by atoms with Gasteiger partial charge in [0.25, 0.3) is 0 Å². The molecule has 0 aliphatic carbocycles. The maximum Gasteiger partial charge on any atom is 0.310 e. The number of rotatable bonds is 7. The van der Waals surface area contributed by atoms with E-state index in [0.29, 0.717) is 16.6 Å². The Kier molecular flexibility index (Phi) is 5.72. The summed E-state index contributed by atoms with van der Waals surface area (Å²) in [6.45, 7) is 0.424. The van der Waals surface area contributed by atoms with E-state index in [1.54, 1.807) is 12.1 Å². The molecule has 1 atom stereocenters. The van der Waals surface area contributed by atoms with Crippen molar-refractivity contribution in [3.63, 3.8) is 0 Å². The topological polar surface area (TPSA) is 83.8 Å². The maximum atomic E-state index is 11.9. The van der Waals surface area contributed by atoms with Crippen LogP contribution in [0, 0.1) is 0 Å². The highest BCUT2D eigenvalue weighted by Gasteiger charge is 2.24. The van der Waals surface area contributed by atoms with Crippen molar-refractivity contribution in [1.82, 2.24) is 0 Å². The van der Waals surface area contributed by atoms with Crippen molar-refractivity contribution in [2.75, 3.05) is 27.7 Å². The molecule has 1 rings (SSSR count). The van der Waals surface area contributed by atoms with Gasteiger partial charge in [0, 0.05) is 0 Å². The van der Waals surface area contributed by atoms with E-state index in [1.807, 2.05) is 21.1 Å². The normalized spacial score (nSPS) is 12.7. The molecule has 0 saturated carbocycles. The molecule has 0 aliphatic heterocycles. The molecule has 0 bridgehead atoms. The third-order valence-electron chi connectivity index (χ3n) is 2.74. The number of aromatic hydroxyl groups is 1. The molecular weight excluding hydrogens is 274 g/mol. The van der Waals surface area contributed by atoms with Crippen LogP contribution in [-0.4, -0.2) is 60.4 Å². The van der Waals surface area contributed by atoms with Crippen LogP contribution in [-0.2, 0) is 20.7 Å². The van der Waals surface area contributed by atoms with Gasteiger partial charge < -0.3 is 19.4 Å². The molecule has 0 radical (unpaired) electrons. The Morgan fingerprint density at radius 2 is 1.76 bits per heavy atom. The van der Waals surface area contributed by atoms with Crippen molar-refractivity contribution in [1.29, 1.82) is 0 Å². The summed E-state index contributed by atoms with van der Waals surface area (Å²) in [4.78, 5) is 22.7. The summed E-state index contributed by atoms with van der Waals surface area (Å²) < 4.78 is 5.78. The second kappa shape index (κ2) is 7.08. The van der Waals surface area contributed by atoms with Crippen LogP contribution < -0.4 is 0 Å². The molecule has 0 heterocycles. The second-order valence-electron chi connectivity index (χ2n) is 6.03. The fourth-order valence-corrected chi connectivity index (χ4v) is 1.96. The number of phenolic OH excluding ortho intramolecular Hbond substituents is 1. The Labute approximate surface area is 124 Å².